The van der Waals surface area contributed by atoms with Crippen molar-refractivity contribution in [2.24, 2.45) is 0 Å². The SMILES string of the molecule is CC(=O)CC(C)=O.Cc1cc(-c2[c-]cccc2)nc2ccccc12.Fc1c[c-]c(-c2ccccn2)c(F)c1.Fc1ccc[c-]c1-c1ccccn1.O=C(O)c1ccccn1.O=C(O)c1ccccn1.[Ir].[Ir].[Ir].[Ir].[c-]1ccccc1-c1nccc2ccccc12. The second kappa shape index (κ2) is 41.5. The first kappa shape index (κ1) is 76.5. The van der Waals surface area contributed by atoms with E-state index in [0.717, 1.165) is 40.2 Å². The van der Waals surface area contributed by atoms with Gasteiger partial charge in [-0.25, -0.2) is 19.6 Å². The van der Waals surface area contributed by atoms with Crippen molar-refractivity contribution >= 4 is 45.2 Å². The van der Waals surface area contributed by atoms with Gasteiger partial charge in [0, 0.05) is 134 Å². The van der Waals surface area contributed by atoms with Crippen LogP contribution < -0.4 is 0 Å². The van der Waals surface area contributed by atoms with Crippen molar-refractivity contribution in [3.63, 3.8) is 0 Å². The number of Topliss-reactive ketones (excluding diaryl/α,β-unsaturated/α-hetero) is 2. The first-order valence-electron chi connectivity index (χ1n) is 26.0. The van der Waals surface area contributed by atoms with Crippen LogP contribution in [0.3, 0.4) is 0 Å². The number of benzene rings is 6. The molecule has 0 saturated heterocycles. The van der Waals surface area contributed by atoms with Gasteiger partial charge in [-0.1, -0.05) is 102 Å². The van der Waals surface area contributed by atoms with Gasteiger partial charge in [0.1, 0.15) is 23.0 Å². The number of rotatable bonds is 8. The van der Waals surface area contributed by atoms with Crippen molar-refractivity contribution in [2.75, 3.05) is 0 Å². The number of carbonyl (C=O) groups is 4. The molecule has 0 amide bonds. The van der Waals surface area contributed by atoms with E-state index < -0.39 is 23.6 Å². The summed E-state index contributed by atoms with van der Waals surface area (Å²) in [5.74, 6) is -3.68. The summed E-state index contributed by atoms with van der Waals surface area (Å²) in [4.78, 5) is 64.6. The molecule has 4 radical (unpaired) electrons. The zero-order valence-electron chi connectivity index (χ0n) is 47.5. The van der Waals surface area contributed by atoms with Gasteiger partial charge in [0.05, 0.1) is 11.9 Å². The fourth-order valence-electron chi connectivity index (χ4n) is 7.52. The monoisotopic (exact) mass is 1900 g/mol. The Balaban J connectivity index is 0.000000358. The number of ketones is 2. The van der Waals surface area contributed by atoms with Crippen molar-refractivity contribution in [1.29, 1.82) is 0 Å². The summed E-state index contributed by atoms with van der Waals surface area (Å²) in [6.07, 6.45) is 8.01. The molecule has 6 aromatic carbocycles. The third-order valence-corrected chi connectivity index (χ3v) is 11.3. The minimum Gasteiger partial charge on any atom is -0.477 e. The van der Waals surface area contributed by atoms with E-state index in [1.807, 2.05) is 91.1 Å². The zero-order valence-corrected chi connectivity index (χ0v) is 57.1. The Labute approximate surface area is 567 Å². The minimum atomic E-state index is -0.990. The van der Waals surface area contributed by atoms with Crippen molar-refractivity contribution < 1.29 is 123 Å². The molecule has 0 aliphatic carbocycles. The molecule has 0 bridgehead atoms. The van der Waals surface area contributed by atoms with Gasteiger partial charge in [-0.2, -0.15) is 0 Å². The molecule has 6 heterocycles. The number of aromatic nitrogens is 6. The van der Waals surface area contributed by atoms with Crippen LogP contribution in [0.1, 0.15) is 46.8 Å². The third kappa shape index (κ3) is 26.0. The number of hydrogen-bond donors (Lipinski definition) is 2. The minimum absolute atomic E-state index is 0. The number of carboxylic acid groups (broad SMARTS) is 2. The Morgan fingerprint density at radius 1 is 0.438 bits per heavy atom. The molecular weight excluding hydrogens is 1850 g/mol. The molecule has 89 heavy (non-hydrogen) atoms. The predicted molar refractivity (Wildman–Crippen MR) is 322 cm³/mol. The van der Waals surface area contributed by atoms with Gasteiger partial charge in [0.2, 0.25) is 0 Å². The van der Waals surface area contributed by atoms with E-state index >= 15 is 0 Å². The molecule has 0 unspecified atom stereocenters. The number of hydrogen-bond acceptors (Lipinski definition) is 10. The van der Waals surface area contributed by atoms with Gasteiger partial charge in [0.25, 0.3) is 0 Å². The van der Waals surface area contributed by atoms with E-state index in [2.05, 4.69) is 91.4 Å². The predicted octanol–water partition coefficient (Wildman–Crippen LogP) is 15.3. The van der Waals surface area contributed by atoms with Crippen molar-refractivity contribution in [2.45, 2.75) is 27.2 Å². The third-order valence-electron chi connectivity index (χ3n) is 11.3. The van der Waals surface area contributed by atoms with Gasteiger partial charge in [-0.15, -0.1) is 108 Å². The van der Waals surface area contributed by atoms with Crippen molar-refractivity contribution in [1.82, 2.24) is 29.9 Å². The van der Waals surface area contributed by atoms with Crippen LogP contribution in [-0.4, -0.2) is 63.6 Å². The first-order chi connectivity index (χ1) is 41.2. The van der Waals surface area contributed by atoms with Crippen molar-refractivity contribution in [3.8, 4) is 45.0 Å². The Bertz CT molecular complexity index is 4000. The number of aryl methyl sites for hydroxylation is 1. The normalized spacial score (nSPS) is 9.42. The fraction of sp³-hybridized carbons (Fsp3) is 0.0571. The van der Waals surface area contributed by atoms with Crippen molar-refractivity contribution in [3.05, 3.63) is 302 Å². The standard InChI is InChI=1S/C16H12N.C15H10N.C11H6F2N.C11H7FN.2C6H5NO2.C5H8O2.4Ir/c1-12-11-16(13-7-3-2-4-8-13)17-15-10-6-5-9-14(12)15;1-2-7-13(8-3-1)15-14-9-5-4-6-12(14)10-11-16-15;12-8-4-5-9(10(13)7-8)11-3-1-2-6-14-11;12-10-6-2-1-5-9(10)11-7-3-4-8-13-11;2*8-6(9)5-3-1-2-4-7-5;1-4(6)3-5(2)7;;;;/h2-7,9-11H,1H3;1-7,9-11H;1-4,6-7H;1-4,6-8H;2*1-4H,(H,8,9);3H2,1-2H3;;;;/q4*-1;;;;;;;. The summed E-state index contributed by atoms with van der Waals surface area (Å²) >= 11 is 0. The summed E-state index contributed by atoms with van der Waals surface area (Å²) in [5, 5.41) is 20.2. The van der Waals surface area contributed by atoms with E-state index in [9.17, 15) is 32.3 Å². The largest absolute Gasteiger partial charge is 0.477 e. The number of aromatic carboxylic acids is 2. The molecule has 0 aliphatic rings. The molecule has 19 heteroatoms. The molecule has 0 aliphatic heterocycles. The number of nitrogens with zero attached hydrogens (tertiary/aromatic N) is 6. The van der Waals surface area contributed by atoms with Crippen LogP contribution in [0.2, 0.25) is 0 Å². The fourth-order valence-corrected chi connectivity index (χ4v) is 7.52. The average Bonchev–Trinajstić information content (AvgIpc) is 1.50. The second-order valence-electron chi connectivity index (χ2n) is 17.8. The van der Waals surface area contributed by atoms with Crippen LogP contribution in [0.25, 0.3) is 66.7 Å². The maximum absolute atomic E-state index is 13.2. The van der Waals surface area contributed by atoms with Crippen LogP contribution in [0.15, 0.2) is 243 Å². The molecule has 460 valence electrons. The van der Waals surface area contributed by atoms with E-state index in [1.165, 1.54) is 66.2 Å². The number of pyridine rings is 6. The maximum Gasteiger partial charge on any atom is 0.354 e. The van der Waals surface area contributed by atoms with Gasteiger partial charge >= 0.3 is 11.9 Å². The molecule has 0 spiro atoms. The number of halogens is 3. The van der Waals surface area contributed by atoms with E-state index in [1.54, 1.807) is 79.1 Å². The van der Waals surface area contributed by atoms with Crippen LogP contribution >= 0.6 is 0 Å². The molecular formula is C70H53F3Ir4N6O6-4. The van der Waals surface area contributed by atoms with Crippen LogP contribution in [0, 0.1) is 48.6 Å². The quantitative estimate of drug-likeness (QED) is 0.108. The zero-order chi connectivity index (χ0) is 60.8. The molecule has 2 N–H and O–H groups in total. The van der Waals surface area contributed by atoms with Gasteiger partial charge in [-0.3, -0.25) is 27.7 Å². The van der Waals surface area contributed by atoms with Crippen LogP contribution in [0.5, 0.6) is 0 Å². The molecule has 0 atom stereocenters. The van der Waals surface area contributed by atoms with Crippen LogP contribution in [-0.2, 0) is 90.0 Å². The molecule has 0 fully saturated rings. The Kier molecular flexibility index (Phi) is 35.7. The summed E-state index contributed by atoms with van der Waals surface area (Å²) in [6.45, 7) is 4.93. The summed E-state index contributed by atoms with van der Waals surface area (Å²) in [5.41, 5.74) is 8.19. The molecule has 12 nitrogen and oxygen atoms in total. The summed E-state index contributed by atoms with van der Waals surface area (Å²) in [6, 6.07) is 74.9. The summed E-state index contributed by atoms with van der Waals surface area (Å²) in [7, 11) is 0. The van der Waals surface area contributed by atoms with E-state index in [0.29, 0.717) is 17.0 Å². The van der Waals surface area contributed by atoms with Crippen LogP contribution in [0.4, 0.5) is 13.2 Å². The number of para-hydroxylation sites is 1. The molecule has 6 aromatic heterocycles. The van der Waals surface area contributed by atoms with E-state index in [-0.39, 0.29) is 121 Å². The van der Waals surface area contributed by atoms with E-state index in [4.69, 9.17) is 10.2 Å². The van der Waals surface area contributed by atoms with Gasteiger partial charge < -0.3 is 25.2 Å². The number of fused-ring (bicyclic) bond motifs is 2. The van der Waals surface area contributed by atoms with Gasteiger partial charge in [-0.05, 0) is 108 Å². The van der Waals surface area contributed by atoms with Gasteiger partial charge in [0.15, 0.2) is 0 Å². The first-order valence-corrected chi connectivity index (χ1v) is 26.0. The molecule has 0 saturated carbocycles. The smallest absolute Gasteiger partial charge is 0.354 e. The number of carbonyl (C=O) groups excluding carboxylic acids is 2. The maximum atomic E-state index is 13.2. The topological polar surface area (TPSA) is 186 Å². The Hall–Kier alpha value is -8.59. The number of carboxylic acids is 2. The average molecular weight is 1900 g/mol. The molecule has 12 aromatic rings. The Morgan fingerprint density at radius 3 is 1.38 bits per heavy atom. The summed E-state index contributed by atoms with van der Waals surface area (Å²) < 4.78 is 39.0. The molecule has 12 rings (SSSR count). The second-order valence-corrected chi connectivity index (χ2v) is 17.8. The Morgan fingerprint density at radius 2 is 0.921 bits per heavy atom.